The SMILES string of the molecule is Cc1oc(C(=O)NCC(=O)OCC2CC2)cc1S(=O)(=O)N1CCCC1. The number of sulfonamides is 1. The summed E-state index contributed by atoms with van der Waals surface area (Å²) in [5.41, 5.74) is 0. The molecule has 25 heavy (non-hydrogen) atoms. The first-order valence-corrected chi connectivity index (χ1v) is 9.86. The number of amides is 1. The van der Waals surface area contributed by atoms with E-state index in [1.807, 2.05) is 0 Å². The van der Waals surface area contributed by atoms with Crippen LogP contribution in [-0.2, 0) is 19.6 Å². The van der Waals surface area contributed by atoms with E-state index in [4.69, 9.17) is 9.15 Å². The lowest BCUT2D eigenvalue weighted by atomic mass is 10.4. The molecule has 0 aromatic carbocycles. The van der Waals surface area contributed by atoms with Gasteiger partial charge in [0.15, 0.2) is 5.76 Å². The molecule has 3 rings (SSSR count). The Bertz CT molecular complexity index is 760. The first-order valence-electron chi connectivity index (χ1n) is 8.42. The summed E-state index contributed by atoms with van der Waals surface area (Å²) in [6, 6.07) is 1.22. The van der Waals surface area contributed by atoms with E-state index in [1.54, 1.807) is 0 Å². The Morgan fingerprint density at radius 1 is 1.32 bits per heavy atom. The van der Waals surface area contributed by atoms with Gasteiger partial charge in [0, 0.05) is 19.2 Å². The first kappa shape index (κ1) is 17.9. The van der Waals surface area contributed by atoms with E-state index in [0.29, 0.717) is 25.6 Å². The second-order valence-electron chi connectivity index (χ2n) is 6.45. The molecule has 1 aromatic heterocycles. The van der Waals surface area contributed by atoms with Crippen LogP contribution in [0.3, 0.4) is 0 Å². The molecule has 1 saturated heterocycles. The molecule has 2 heterocycles. The molecular weight excluding hydrogens is 348 g/mol. The van der Waals surface area contributed by atoms with Gasteiger partial charge in [-0.3, -0.25) is 9.59 Å². The predicted octanol–water partition coefficient (Wildman–Crippen LogP) is 1.06. The van der Waals surface area contributed by atoms with Crippen molar-refractivity contribution < 1.29 is 27.2 Å². The highest BCUT2D eigenvalue weighted by atomic mass is 32.2. The molecular formula is C16H22N2O6S. The van der Waals surface area contributed by atoms with Crippen LogP contribution in [-0.4, -0.2) is 50.8 Å². The Kier molecular flexibility index (Phi) is 5.14. The Balaban J connectivity index is 1.60. The third-order valence-electron chi connectivity index (χ3n) is 4.35. The third-order valence-corrected chi connectivity index (χ3v) is 6.36. The van der Waals surface area contributed by atoms with Gasteiger partial charge in [-0.2, -0.15) is 4.31 Å². The maximum atomic E-state index is 12.6. The van der Waals surface area contributed by atoms with Crippen LogP contribution in [0.15, 0.2) is 15.4 Å². The van der Waals surface area contributed by atoms with E-state index in [1.165, 1.54) is 17.3 Å². The number of carbonyl (C=O) groups is 2. The summed E-state index contributed by atoms with van der Waals surface area (Å²) in [6.45, 7) is 2.55. The average Bonchev–Trinajstić information content (AvgIpc) is 3.07. The van der Waals surface area contributed by atoms with Gasteiger partial charge >= 0.3 is 5.97 Å². The fourth-order valence-corrected chi connectivity index (χ4v) is 4.36. The molecule has 0 unspecified atom stereocenters. The van der Waals surface area contributed by atoms with Crippen molar-refractivity contribution in [1.29, 1.82) is 0 Å². The van der Waals surface area contributed by atoms with Gasteiger partial charge in [0.05, 0.1) is 6.61 Å². The topological polar surface area (TPSA) is 106 Å². The van der Waals surface area contributed by atoms with E-state index < -0.39 is 21.9 Å². The maximum Gasteiger partial charge on any atom is 0.325 e. The van der Waals surface area contributed by atoms with Crippen molar-refractivity contribution in [3.05, 3.63) is 17.6 Å². The number of ether oxygens (including phenoxy) is 1. The van der Waals surface area contributed by atoms with Gasteiger partial charge in [-0.05, 0) is 38.5 Å². The molecule has 2 aliphatic rings. The highest BCUT2D eigenvalue weighted by Crippen LogP contribution is 2.29. The van der Waals surface area contributed by atoms with E-state index in [2.05, 4.69) is 5.32 Å². The molecule has 0 atom stereocenters. The molecule has 138 valence electrons. The van der Waals surface area contributed by atoms with Crippen molar-refractivity contribution in [1.82, 2.24) is 9.62 Å². The van der Waals surface area contributed by atoms with Gasteiger partial charge in [-0.15, -0.1) is 0 Å². The average molecular weight is 370 g/mol. The molecule has 1 aromatic rings. The molecule has 1 aliphatic carbocycles. The summed E-state index contributed by atoms with van der Waals surface area (Å²) in [5.74, 6) is -0.688. The Morgan fingerprint density at radius 3 is 2.64 bits per heavy atom. The summed E-state index contributed by atoms with van der Waals surface area (Å²) in [4.78, 5) is 23.6. The summed E-state index contributed by atoms with van der Waals surface area (Å²) in [5, 5.41) is 2.39. The minimum absolute atomic E-state index is 0.00383. The van der Waals surface area contributed by atoms with Crippen LogP contribution in [0.5, 0.6) is 0 Å². The fourth-order valence-electron chi connectivity index (χ4n) is 2.69. The van der Waals surface area contributed by atoms with Crippen LogP contribution in [0.2, 0.25) is 0 Å². The van der Waals surface area contributed by atoms with Gasteiger partial charge in [0.1, 0.15) is 17.2 Å². The summed E-state index contributed by atoms with van der Waals surface area (Å²) < 4.78 is 36.8. The lowest BCUT2D eigenvalue weighted by Gasteiger charge is -2.14. The van der Waals surface area contributed by atoms with Crippen molar-refractivity contribution in [3.63, 3.8) is 0 Å². The lowest BCUT2D eigenvalue weighted by Crippen LogP contribution is -2.30. The Labute approximate surface area is 146 Å². The first-order chi connectivity index (χ1) is 11.9. The minimum atomic E-state index is -3.66. The van der Waals surface area contributed by atoms with Crippen LogP contribution in [0.1, 0.15) is 42.0 Å². The Morgan fingerprint density at radius 2 is 2.00 bits per heavy atom. The molecule has 8 nitrogen and oxygen atoms in total. The Hall–Kier alpha value is -1.87. The van der Waals surface area contributed by atoms with E-state index in [-0.39, 0.29) is 23.0 Å². The van der Waals surface area contributed by atoms with Gasteiger partial charge < -0.3 is 14.5 Å². The van der Waals surface area contributed by atoms with Crippen LogP contribution >= 0.6 is 0 Å². The molecule has 9 heteroatoms. The van der Waals surface area contributed by atoms with Crippen LogP contribution in [0, 0.1) is 12.8 Å². The number of nitrogens with one attached hydrogen (secondary N) is 1. The zero-order chi connectivity index (χ0) is 18.0. The van der Waals surface area contributed by atoms with Crippen molar-refractivity contribution in [3.8, 4) is 0 Å². The number of aryl methyl sites for hydroxylation is 1. The number of nitrogens with zero attached hydrogens (tertiary/aromatic N) is 1. The van der Waals surface area contributed by atoms with Gasteiger partial charge in [0.25, 0.3) is 5.91 Å². The van der Waals surface area contributed by atoms with Gasteiger partial charge in [0.2, 0.25) is 10.0 Å². The van der Waals surface area contributed by atoms with E-state index in [0.717, 1.165) is 25.7 Å². The van der Waals surface area contributed by atoms with Crippen molar-refractivity contribution in [2.75, 3.05) is 26.2 Å². The molecule has 0 spiro atoms. The molecule has 0 radical (unpaired) electrons. The number of hydrogen-bond acceptors (Lipinski definition) is 6. The second kappa shape index (κ2) is 7.17. The van der Waals surface area contributed by atoms with Crippen LogP contribution < -0.4 is 5.32 Å². The highest BCUT2D eigenvalue weighted by molar-refractivity contribution is 7.89. The van der Waals surface area contributed by atoms with Gasteiger partial charge in [-0.25, -0.2) is 8.42 Å². The zero-order valence-electron chi connectivity index (χ0n) is 14.1. The number of rotatable bonds is 7. The molecule has 1 N–H and O–H groups in total. The molecule has 1 amide bonds. The van der Waals surface area contributed by atoms with Crippen molar-refractivity contribution in [2.45, 2.75) is 37.5 Å². The standard InChI is InChI=1S/C16H22N2O6S/c1-11-14(25(21,22)18-6-2-3-7-18)8-13(24-11)16(20)17-9-15(19)23-10-12-4-5-12/h8,12H,2-7,9-10H2,1H3,(H,17,20). The zero-order valence-corrected chi connectivity index (χ0v) is 14.9. The number of carbonyl (C=O) groups excluding carboxylic acids is 2. The molecule has 2 fully saturated rings. The van der Waals surface area contributed by atoms with Crippen molar-refractivity contribution in [2.24, 2.45) is 5.92 Å². The molecule has 1 saturated carbocycles. The predicted molar refractivity (Wildman–Crippen MR) is 87.5 cm³/mol. The number of esters is 1. The monoisotopic (exact) mass is 370 g/mol. The van der Waals surface area contributed by atoms with Crippen LogP contribution in [0.25, 0.3) is 0 Å². The highest BCUT2D eigenvalue weighted by Gasteiger charge is 2.31. The minimum Gasteiger partial charge on any atom is -0.464 e. The number of hydrogen-bond donors (Lipinski definition) is 1. The lowest BCUT2D eigenvalue weighted by molar-refractivity contribution is -0.142. The quantitative estimate of drug-likeness (QED) is 0.719. The van der Waals surface area contributed by atoms with Gasteiger partial charge in [-0.1, -0.05) is 0 Å². The van der Waals surface area contributed by atoms with Crippen molar-refractivity contribution >= 4 is 21.9 Å². The molecule has 1 aliphatic heterocycles. The summed E-state index contributed by atoms with van der Waals surface area (Å²) in [7, 11) is -3.66. The smallest absolute Gasteiger partial charge is 0.325 e. The maximum absolute atomic E-state index is 12.6. The van der Waals surface area contributed by atoms with E-state index in [9.17, 15) is 18.0 Å². The largest absolute Gasteiger partial charge is 0.464 e. The van der Waals surface area contributed by atoms with E-state index >= 15 is 0 Å². The summed E-state index contributed by atoms with van der Waals surface area (Å²) in [6.07, 6.45) is 3.79. The molecule has 0 bridgehead atoms. The summed E-state index contributed by atoms with van der Waals surface area (Å²) >= 11 is 0. The third kappa shape index (κ3) is 4.21. The van der Waals surface area contributed by atoms with Crippen LogP contribution in [0.4, 0.5) is 0 Å². The fraction of sp³-hybridized carbons (Fsp3) is 0.625. The second-order valence-corrected chi connectivity index (χ2v) is 8.36. The number of furan rings is 1. The normalized spacial score (nSPS) is 18.3.